The van der Waals surface area contributed by atoms with E-state index in [4.69, 9.17) is 33.0 Å². The molecule has 1 aromatic carbocycles. The number of unbranched alkanes of at least 4 members (excludes halogenated alkanes) is 2. The molecule has 1 aliphatic carbocycles. The molecule has 0 bridgehead atoms. The Morgan fingerprint density at radius 1 is 1.21 bits per heavy atom. The van der Waals surface area contributed by atoms with Gasteiger partial charge in [0.25, 0.3) is 0 Å². The van der Waals surface area contributed by atoms with Crippen molar-refractivity contribution in [2.75, 3.05) is 12.4 Å². The normalized spacial score (nSPS) is 22.9. The number of thioether (sulfide) groups is 1. The Morgan fingerprint density at radius 2 is 2.00 bits per heavy atom. The van der Waals surface area contributed by atoms with Crippen molar-refractivity contribution in [1.29, 1.82) is 0 Å². The highest BCUT2D eigenvalue weighted by atomic mass is 35.5. The van der Waals surface area contributed by atoms with Gasteiger partial charge < -0.3 is 20.1 Å². The molecule has 0 saturated heterocycles. The van der Waals surface area contributed by atoms with Crippen molar-refractivity contribution < 1.29 is 24.9 Å². The van der Waals surface area contributed by atoms with Crippen LogP contribution in [0.2, 0.25) is 10.0 Å². The summed E-state index contributed by atoms with van der Waals surface area (Å²) in [6.07, 6.45) is 4.38. The van der Waals surface area contributed by atoms with Crippen molar-refractivity contribution in [1.82, 2.24) is 0 Å². The average Bonchev–Trinajstić information content (AvgIpc) is 3.00. The average molecular weight is 451 g/mol. The molecular weight excluding hydrogens is 423 g/mol. The summed E-state index contributed by atoms with van der Waals surface area (Å²) in [6, 6.07) is 4.99. The predicted molar refractivity (Wildman–Crippen MR) is 114 cm³/mol. The Balaban J connectivity index is 1.69. The fraction of sp³-hybridized carbons (Fsp3) is 0.650. The first-order chi connectivity index (χ1) is 13.4. The molecule has 1 fully saturated rings. The lowest BCUT2D eigenvalue weighted by atomic mass is 9.97. The summed E-state index contributed by atoms with van der Waals surface area (Å²) < 4.78 is 5.57. The quantitative estimate of drug-likeness (QED) is 0.402. The SMILES string of the molecule is O=C(O)CCCCCC1C(O)CCC1SCC(O)COc1ccc(Cl)c(Cl)c1. The third kappa shape index (κ3) is 7.99. The van der Waals surface area contributed by atoms with Crippen molar-refractivity contribution >= 4 is 40.9 Å². The summed E-state index contributed by atoms with van der Waals surface area (Å²) in [6.45, 7) is 0.167. The Bertz CT molecular complexity index is 631. The molecule has 0 heterocycles. The molecule has 28 heavy (non-hydrogen) atoms. The number of carboxylic acids is 1. The molecule has 0 aliphatic heterocycles. The van der Waals surface area contributed by atoms with Gasteiger partial charge in [-0.2, -0.15) is 11.8 Å². The summed E-state index contributed by atoms with van der Waals surface area (Å²) in [5.74, 6) is 0.548. The second-order valence-electron chi connectivity index (χ2n) is 7.21. The number of aliphatic hydroxyl groups excluding tert-OH is 2. The summed E-state index contributed by atoms with van der Waals surface area (Å²) in [5.41, 5.74) is 0. The van der Waals surface area contributed by atoms with Gasteiger partial charge in [0.1, 0.15) is 12.4 Å². The van der Waals surface area contributed by atoms with Crippen LogP contribution in [0, 0.1) is 5.92 Å². The molecule has 5 nitrogen and oxygen atoms in total. The van der Waals surface area contributed by atoms with Crippen LogP contribution in [0.4, 0.5) is 0 Å². The Kier molecular flexibility index (Phi) is 10.2. The van der Waals surface area contributed by atoms with Gasteiger partial charge in [-0.05, 0) is 43.7 Å². The smallest absolute Gasteiger partial charge is 0.303 e. The highest BCUT2D eigenvalue weighted by Gasteiger charge is 2.34. The molecule has 158 valence electrons. The molecule has 1 saturated carbocycles. The number of halogens is 2. The van der Waals surface area contributed by atoms with Gasteiger partial charge in [0.05, 0.1) is 22.3 Å². The standard InChI is InChI=1S/C20H28Cl2O5S/c21-16-7-6-14(10-17(16)22)27-11-13(23)12-28-19-9-8-18(24)15(19)4-2-1-3-5-20(25)26/h6-7,10,13,15,18-19,23-24H,1-5,8-9,11-12H2,(H,25,26). The van der Waals surface area contributed by atoms with Gasteiger partial charge >= 0.3 is 5.97 Å². The largest absolute Gasteiger partial charge is 0.491 e. The minimum Gasteiger partial charge on any atom is -0.491 e. The molecular formula is C20H28Cl2O5S. The van der Waals surface area contributed by atoms with Crippen LogP contribution in [0.15, 0.2) is 18.2 Å². The number of hydrogen-bond donors (Lipinski definition) is 3. The van der Waals surface area contributed by atoms with E-state index < -0.39 is 12.1 Å². The second kappa shape index (κ2) is 12.1. The first kappa shape index (κ1) is 23.6. The number of aliphatic carboxylic acids is 1. The lowest BCUT2D eigenvalue weighted by molar-refractivity contribution is -0.137. The summed E-state index contributed by atoms with van der Waals surface area (Å²) in [4.78, 5) is 10.6. The molecule has 2 rings (SSSR count). The Hall–Kier alpha value is -0.660. The maximum Gasteiger partial charge on any atom is 0.303 e. The van der Waals surface area contributed by atoms with Crippen LogP contribution in [0.5, 0.6) is 5.75 Å². The monoisotopic (exact) mass is 450 g/mol. The molecule has 1 aromatic rings. The highest BCUT2D eigenvalue weighted by Crippen LogP contribution is 2.38. The Labute approximate surface area is 180 Å². The van der Waals surface area contributed by atoms with Gasteiger partial charge in [-0.3, -0.25) is 4.79 Å². The number of aliphatic hydroxyl groups is 2. The zero-order valence-corrected chi connectivity index (χ0v) is 18.1. The van der Waals surface area contributed by atoms with E-state index >= 15 is 0 Å². The van der Waals surface area contributed by atoms with Gasteiger partial charge in [0, 0.05) is 23.5 Å². The van der Waals surface area contributed by atoms with Crippen LogP contribution in [-0.2, 0) is 4.79 Å². The maximum absolute atomic E-state index is 10.6. The fourth-order valence-electron chi connectivity index (χ4n) is 3.47. The number of hydrogen-bond acceptors (Lipinski definition) is 5. The second-order valence-corrected chi connectivity index (χ2v) is 9.30. The zero-order valence-electron chi connectivity index (χ0n) is 15.7. The van der Waals surface area contributed by atoms with Crippen LogP contribution in [0.1, 0.15) is 44.9 Å². The van der Waals surface area contributed by atoms with Crippen LogP contribution in [-0.4, -0.2) is 51.1 Å². The first-order valence-electron chi connectivity index (χ1n) is 9.64. The molecule has 0 radical (unpaired) electrons. The zero-order chi connectivity index (χ0) is 20.5. The predicted octanol–water partition coefficient (Wildman–Crippen LogP) is 4.64. The van der Waals surface area contributed by atoms with Crippen molar-refractivity contribution in [3.63, 3.8) is 0 Å². The number of carbonyl (C=O) groups is 1. The number of ether oxygens (including phenoxy) is 1. The number of carboxylic acid groups (broad SMARTS) is 1. The highest BCUT2D eigenvalue weighted by molar-refractivity contribution is 7.99. The third-order valence-electron chi connectivity index (χ3n) is 4.98. The van der Waals surface area contributed by atoms with Crippen molar-refractivity contribution in [3.8, 4) is 5.75 Å². The minimum absolute atomic E-state index is 0.167. The fourth-order valence-corrected chi connectivity index (χ4v) is 5.19. The molecule has 8 heteroatoms. The van der Waals surface area contributed by atoms with E-state index in [9.17, 15) is 15.0 Å². The lowest BCUT2D eigenvalue weighted by Crippen LogP contribution is -2.25. The van der Waals surface area contributed by atoms with Crippen LogP contribution in [0.3, 0.4) is 0 Å². The van der Waals surface area contributed by atoms with E-state index in [0.29, 0.717) is 33.2 Å². The summed E-state index contributed by atoms with van der Waals surface area (Å²) in [7, 11) is 0. The van der Waals surface area contributed by atoms with Crippen molar-refractivity contribution in [2.45, 2.75) is 62.4 Å². The molecule has 0 spiro atoms. The van der Waals surface area contributed by atoms with Crippen molar-refractivity contribution in [2.24, 2.45) is 5.92 Å². The summed E-state index contributed by atoms with van der Waals surface area (Å²) >= 11 is 13.5. The topological polar surface area (TPSA) is 87.0 Å². The van der Waals surface area contributed by atoms with Gasteiger partial charge in [-0.1, -0.05) is 36.0 Å². The molecule has 1 aliphatic rings. The summed E-state index contributed by atoms with van der Waals surface area (Å²) in [5, 5.41) is 30.3. The van der Waals surface area contributed by atoms with E-state index in [1.54, 1.807) is 30.0 Å². The van der Waals surface area contributed by atoms with Gasteiger partial charge in [0.2, 0.25) is 0 Å². The first-order valence-corrected chi connectivity index (χ1v) is 11.4. The number of benzene rings is 1. The third-order valence-corrected chi connectivity index (χ3v) is 7.31. The lowest BCUT2D eigenvalue weighted by Gasteiger charge is -2.23. The van der Waals surface area contributed by atoms with Crippen molar-refractivity contribution in [3.05, 3.63) is 28.2 Å². The van der Waals surface area contributed by atoms with Crippen LogP contribution >= 0.6 is 35.0 Å². The molecule has 0 aromatic heterocycles. The van der Waals surface area contributed by atoms with Crippen LogP contribution in [0.25, 0.3) is 0 Å². The molecule has 4 atom stereocenters. The Morgan fingerprint density at radius 3 is 2.71 bits per heavy atom. The van der Waals surface area contributed by atoms with E-state index in [0.717, 1.165) is 32.1 Å². The van der Waals surface area contributed by atoms with Crippen LogP contribution < -0.4 is 4.74 Å². The van der Waals surface area contributed by atoms with E-state index in [2.05, 4.69) is 0 Å². The molecule has 4 unspecified atom stereocenters. The van der Waals surface area contributed by atoms with Gasteiger partial charge in [-0.25, -0.2) is 0 Å². The molecule has 0 amide bonds. The molecule has 3 N–H and O–H groups in total. The minimum atomic E-state index is -0.758. The van der Waals surface area contributed by atoms with E-state index in [1.807, 2.05) is 0 Å². The maximum atomic E-state index is 10.6. The number of rotatable bonds is 12. The van der Waals surface area contributed by atoms with Gasteiger partial charge in [-0.15, -0.1) is 0 Å². The van der Waals surface area contributed by atoms with Gasteiger partial charge in [0.15, 0.2) is 0 Å². The van der Waals surface area contributed by atoms with E-state index in [-0.39, 0.29) is 25.0 Å². The van der Waals surface area contributed by atoms with E-state index in [1.165, 1.54) is 0 Å².